The minimum absolute atomic E-state index is 0.451. The first-order valence-electron chi connectivity index (χ1n) is 9.71. The van der Waals surface area contributed by atoms with Crippen LogP contribution in [0, 0.1) is 0 Å². The lowest BCUT2D eigenvalue weighted by atomic mass is 10.3. The molecular formula is C20H25N5OS. The number of ether oxygens (including phenoxy) is 1. The SMILES string of the molecule is S=C(Nc1nc(Oc2ccccc2)cc(N2CCCC2)n1)NC1CCCC1. The molecule has 142 valence electrons. The van der Waals surface area contributed by atoms with Gasteiger partial charge < -0.3 is 20.3 Å². The van der Waals surface area contributed by atoms with Crippen molar-refractivity contribution in [1.29, 1.82) is 0 Å². The number of nitrogens with zero attached hydrogens (tertiary/aromatic N) is 3. The summed E-state index contributed by atoms with van der Waals surface area (Å²) < 4.78 is 5.95. The maximum atomic E-state index is 5.95. The second-order valence-corrected chi connectivity index (χ2v) is 7.49. The van der Waals surface area contributed by atoms with Crippen LogP contribution >= 0.6 is 12.2 Å². The lowest BCUT2D eigenvalue weighted by molar-refractivity contribution is 0.462. The van der Waals surface area contributed by atoms with Crippen LogP contribution in [-0.2, 0) is 0 Å². The number of nitrogens with one attached hydrogen (secondary N) is 2. The van der Waals surface area contributed by atoms with Gasteiger partial charge in [-0.2, -0.15) is 9.97 Å². The molecule has 1 aromatic heterocycles. The van der Waals surface area contributed by atoms with Crippen molar-refractivity contribution in [2.24, 2.45) is 0 Å². The Balaban J connectivity index is 1.52. The van der Waals surface area contributed by atoms with Gasteiger partial charge in [-0.1, -0.05) is 31.0 Å². The van der Waals surface area contributed by atoms with Crippen molar-refractivity contribution in [2.45, 2.75) is 44.6 Å². The van der Waals surface area contributed by atoms with Crippen LogP contribution in [0.15, 0.2) is 36.4 Å². The van der Waals surface area contributed by atoms with Crippen LogP contribution in [0.1, 0.15) is 38.5 Å². The van der Waals surface area contributed by atoms with Gasteiger partial charge in [0.15, 0.2) is 5.11 Å². The molecule has 27 heavy (non-hydrogen) atoms. The predicted octanol–water partition coefficient (Wildman–Crippen LogP) is 4.10. The average molecular weight is 384 g/mol. The van der Waals surface area contributed by atoms with E-state index >= 15 is 0 Å². The van der Waals surface area contributed by atoms with Crippen LogP contribution < -0.4 is 20.3 Å². The summed E-state index contributed by atoms with van der Waals surface area (Å²) in [6.45, 7) is 2.01. The summed E-state index contributed by atoms with van der Waals surface area (Å²) in [5.41, 5.74) is 0. The molecule has 6 nitrogen and oxygen atoms in total. The van der Waals surface area contributed by atoms with Gasteiger partial charge in [-0.25, -0.2) is 0 Å². The standard InChI is InChI=1S/C20H25N5OS/c27-20(21-15-8-4-5-9-15)24-19-22-17(25-12-6-7-13-25)14-18(23-19)26-16-10-2-1-3-11-16/h1-3,10-11,14-15H,4-9,12-13H2,(H2,21,22,23,24,27). The van der Waals surface area contributed by atoms with E-state index < -0.39 is 0 Å². The topological polar surface area (TPSA) is 62.3 Å². The number of hydrogen-bond donors (Lipinski definition) is 2. The summed E-state index contributed by atoms with van der Waals surface area (Å²) >= 11 is 5.47. The van der Waals surface area contributed by atoms with Crippen molar-refractivity contribution in [3.63, 3.8) is 0 Å². The van der Waals surface area contributed by atoms with E-state index in [1.165, 1.54) is 38.5 Å². The van der Waals surface area contributed by atoms with Crippen LogP contribution in [0.2, 0.25) is 0 Å². The fourth-order valence-electron chi connectivity index (χ4n) is 3.63. The zero-order chi connectivity index (χ0) is 18.5. The lowest BCUT2D eigenvalue weighted by Crippen LogP contribution is -2.36. The monoisotopic (exact) mass is 383 g/mol. The quantitative estimate of drug-likeness (QED) is 0.754. The Bertz CT molecular complexity index is 773. The fraction of sp³-hybridized carbons (Fsp3) is 0.450. The number of rotatable bonds is 5. The highest BCUT2D eigenvalue weighted by molar-refractivity contribution is 7.80. The molecule has 4 rings (SSSR count). The number of anilines is 2. The highest BCUT2D eigenvalue weighted by Gasteiger charge is 2.19. The minimum Gasteiger partial charge on any atom is -0.439 e. The first kappa shape index (κ1) is 18.0. The molecule has 2 N–H and O–H groups in total. The Hall–Kier alpha value is -2.41. The summed E-state index contributed by atoms with van der Waals surface area (Å²) in [6.07, 6.45) is 7.22. The van der Waals surface area contributed by atoms with Gasteiger partial charge in [0.25, 0.3) is 0 Å². The van der Waals surface area contributed by atoms with E-state index in [0.717, 1.165) is 24.7 Å². The van der Waals surface area contributed by atoms with E-state index in [1.807, 2.05) is 36.4 Å². The van der Waals surface area contributed by atoms with Crippen molar-refractivity contribution >= 4 is 29.1 Å². The molecule has 2 aromatic rings. The number of benzene rings is 1. The normalized spacial score (nSPS) is 17.1. The zero-order valence-electron chi connectivity index (χ0n) is 15.4. The molecule has 2 aliphatic rings. The molecule has 1 aliphatic heterocycles. The van der Waals surface area contributed by atoms with Gasteiger partial charge in [0.2, 0.25) is 11.8 Å². The lowest BCUT2D eigenvalue weighted by Gasteiger charge is -2.19. The minimum atomic E-state index is 0.451. The summed E-state index contributed by atoms with van der Waals surface area (Å²) in [6, 6.07) is 12.0. The van der Waals surface area contributed by atoms with Crippen molar-refractivity contribution in [2.75, 3.05) is 23.3 Å². The Labute approximate surface area is 165 Å². The molecular weight excluding hydrogens is 358 g/mol. The molecule has 1 saturated carbocycles. The van der Waals surface area contributed by atoms with Crippen molar-refractivity contribution < 1.29 is 4.74 Å². The van der Waals surface area contributed by atoms with E-state index in [9.17, 15) is 0 Å². The van der Waals surface area contributed by atoms with Crippen LogP contribution in [0.5, 0.6) is 11.6 Å². The average Bonchev–Trinajstić information content (AvgIpc) is 3.36. The van der Waals surface area contributed by atoms with Gasteiger partial charge in [-0.15, -0.1) is 0 Å². The van der Waals surface area contributed by atoms with Gasteiger partial charge in [-0.05, 0) is 50.0 Å². The van der Waals surface area contributed by atoms with Gasteiger partial charge in [0.1, 0.15) is 11.6 Å². The van der Waals surface area contributed by atoms with E-state index in [-0.39, 0.29) is 0 Å². The molecule has 2 heterocycles. The number of para-hydroxylation sites is 1. The fourth-order valence-corrected chi connectivity index (χ4v) is 3.89. The Morgan fingerprint density at radius 3 is 2.52 bits per heavy atom. The first-order valence-corrected chi connectivity index (χ1v) is 10.1. The second kappa shape index (κ2) is 8.52. The maximum Gasteiger partial charge on any atom is 0.234 e. The summed E-state index contributed by atoms with van der Waals surface area (Å²) in [4.78, 5) is 11.4. The predicted molar refractivity (Wildman–Crippen MR) is 112 cm³/mol. The number of thiocarbonyl (C=S) groups is 1. The zero-order valence-corrected chi connectivity index (χ0v) is 16.2. The highest BCUT2D eigenvalue weighted by atomic mass is 32.1. The summed E-state index contributed by atoms with van der Waals surface area (Å²) in [7, 11) is 0. The molecule has 2 fully saturated rings. The van der Waals surface area contributed by atoms with Crippen LogP contribution in [0.25, 0.3) is 0 Å². The molecule has 1 aromatic carbocycles. The Kier molecular flexibility index (Phi) is 5.67. The Morgan fingerprint density at radius 2 is 1.78 bits per heavy atom. The number of aromatic nitrogens is 2. The third-order valence-corrected chi connectivity index (χ3v) is 5.22. The van der Waals surface area contributed by atoms with Crippen LogP contribution in [-0.4, -0.2) is 34.2 Å². The molecule has 0 amide bonds. The van der Waals surface area contributed by atoms with E-state index in [2.05, 4.69) is 25.5 Å². The van der Waals surface area contributed by atoms with Gasteiger partial charge >= 0.3 is 0 Å². The summed E-state index contributed by atoms with van der Waals surface area (Å²) in [5, 5.41) is 7.10. The molecule has 0 spiro atoms. The van der Waals surface area contributed by atoms with Crippen molar-refractivity contribution in [3.8, 4) is 11.6 Å². The molecule has 7 heteroatoms. The third kappa shape index (κ3) is 4.86. The van der Waals surface area contributed by atoms with Crippen molar-refractivity contribution in [3.05, 3.63) is 36.4 Å². The Morgan fingerprint density at radius 1 is 1.04 bits per heavy atom. The van der Waals surface area contributed by atoms with E-state index in [1.54, 1.807) is 0 Å². The van der Waals surface area contributed by atoms with Crippen LogP contribution in [0.4, 0.5) is 11.8 Å². The van der Waals surface area contributed by atoms with Crippen molar-refractivity contribution in [1.82, 2.24) is 15.3 Å². The second-order valence-electron chi connectivity index (χ2n) is 7.08. The van der Waals surface area contributed by atoms with Crippen LogP contribution in [0.3, 0.4) is 0 Å². The molecule has 1 saturated heterocycles. The molecule has 0 atom stereocenters. The third-order valence-electron chi connectivity index (χ3n) is 5.00. The smallest absolute Gasteiger partial charge is 0.234 e. The van der Waals surface area contributed by atoms with Gasteiger partial charge in [-0.3, -0.25) is 0 Å². The molecule has 0 radical (unpaired) electrons. The maximum absolute atomic E-state index is 5.95. The van der Waals surface area contributed by atoms with E-state index in [0.29, 0.717) is 23.0 Å². The largest absolute Gasteiger partial charge is 0.439 e. The molecule has 0 bridgehead atoms. The van der Waals surface area contributed by atoms with Gasteiger partial charge in [0.05, 0.1) is 0 Å². The van der Waals surface area contributed by atoms with E-state index in [4.69, 9.17) is 17.0 Å². The summed E-state index contributed by atoms with van der Waals surface area (Å²) in [5.74, 6) is 2.62. The highest BCUT2D eigenvalue weighted by Crippen LogP contribution is 2.26. The first-order chi connectivity index (χ1) is 13.3. The van der Waals surface area contributed by atoms with Gasteiger partial charge in [0, 0.05) is 25.2 Å². The molecule has 1 aliphatic carbocycles. The number of hydrogen-bond acceptors (Lipinski definition) is 5. The molecule has 0 unspecified atom stereocenters.